The van der Waals surface area contributed by atoms with E-state index >= 15 is 0 Å². The molecule has 2 atom stereocenters. The van der Waals surface area contributed by atoms with Crippen LogP contribution in [0.25, 0.3) is 0 Å². The monoisotopic (exact) mass is 339 g/mol. The van der Waals surface area contributed by atoms with Gasteiger partial charge in [0, 0.05) is 31.1 Å². The normalized spacial score (nSPS) is 18.8. The third kappa shape index (κ3) is 5.28. The van der Waals surface area contributed by atoms with E-state index in [9.17, 15) is 4.79 Å². The summed E-state index contributed by atoms with van der Waals surface area (Å²) in [7, 11) is 2.04. The first-order valence-corrected chi connectivity index (χ1v) is 9.34. The predicted octanol–water partition coefficient (Wildman–Crippen LogP) is 1.97. The summed E-state index contributed by atoms with van der Waals surface area (Å²) in [6.07, 6.45) is 0.966. The van der Waals surface area contributed by atoms with Gasteiger partial charge >= 0.3 is 0 Å². The average molecular weight is 340 g/mol. The molecule has 1 aliphatic rings. The minimum Gasteiger partial charge on any atom is -0.379 e. The van der Waals surface area contributed by atoms with Crippen molar-refractivity contribution in [2.45, 2.75) is 32.4 Å². The summed E-state index contributed by atoms with van der Waals surface area (Å²) in [6, 6.07) is 4.50. The molecule has 0 saturated carbocycles. The van der Waals surface area contributed by atoms with Crippen molar-refractivity contribution in [2.75, 3.05) is 46.4 Å². The Bertz CT molecular complexity index is 460. The highest BCUT2D eigenvalue weighted by molar-refractivity contribution is 7.10. The van der Waals surface area contributed by atoms with Crippen molar-refractivity contribution in [3.8, 4) is 0 Å². The van der Waals surface area contributed by atoms with Crippen LogP contribution < -0.4 is 5.32 Å². The van der Waals surface area contributed by atoms with E-state index in [1.165, 1.54) is 4.88 Å². The maximum Gasteiger partial charge on any atom is 0.237 e. The Kier molecular flexibility index (Phi) is 7.49. The quantitative estimate of drug-likeness (QED) is 0.786. The lowest BCUT2D eigenvalue weighted by molar-refractivity contribution is -0.125. The SMILES string of the molecule is CCCNC(=O)[C@@H](C)N(C)C[C@H](c1cccs1)N1CCOCC1. The third-order valence-corrected chi connectivity index (χ3v) is 5.38. The number of thiophene rings is 1. The Morgan fingerprint density at radius 3 is 2.83 bits per heavy atom. The van der Waals surface area contributed by atoms with Gasteiger partial charge in [-0.05, 0) is 31.8 Å². The number of amides is 1. The number of carbonyl (C=O) groups is 1. The molecule has 0 aromatic carbocycles. The zero-order chi connectivity index (χ0) is 16.7. The Labute approximate surface area is 143 Å². The zero-order valence-electron chi connectivity index (χ0n) is 14.5. The number of rotatable bonds is 8. The first-order valence-electron chi connectivity index (χ1n) is 8.46. The lowest BCUT2D eigenvalue weighted by Crippen LogP contribution is -2.48. The second-order valence-corrected chi connectivity index (χ2v) is 7.07. The molecule has 2 rings (SSSR count). The fourth-order valence-electron chi connectivity index (χ4n) is 2.78. The minimum atomic E-state index is -0.120. The molecule has 0 unspecified atom stereocenters. The molecule has 130 valence electrons. The second-order valence-electron chi connectivity index (χ2n) is 6.09. The fraction of sp³-hybridized carbons (Fsp3) is 0.706. The van der Waals surface area contributed by atoms with Crippen LogP contribution in [0, 0.1) is 0 Å². The standard InChI is InChI=1S/C17H29N3O2S/c1-4-7-18-17(21)14(2)19(3)13-15(16-6-5-12-23-16)20-8-10-22-11-9-20/h5-6,12,14-15H,4,7-11,13H2,1-3H3,(H,18,21)/t14-,15-/m1/s1. The van der Waals surface area contributed by atoms with Crippen molar-refractivity contribution in [3.63, 3.8) is 0 Å². The molecule has 1 aliphatic heterocycles. The van der Waals surface area contributed by atoms with Crippen LogP contribution in [0.2, 0.25) is 0 Å². The van der Waals surface area contributed by atoms with E-state index < -0.39 is 0 Å². The number of likely N-dealkylation sites (N-methyl/N-ethyl adjacent to an activating group) is 1. The molecule has 0 radical (unpaired) electrons. The molecular formula is C17H29N3O2S. The summed E-state index contributed by atoms with van der Waals surface area (Å²) >= 11 is 1.79. The first-order chi connectivity index (χ1) is 11.1. The summed E-state index contributed by atoms with van der Waals surface area (Å²) in [5, 5.41) is 5.11. The van der Waals surface area contributed by atoms with Gasteiger partial charge in [0.2, 0.25) is 5.91 Å². The molecule has 0 bridgehead atoms. The molecule has 1 aromatic rings. The van der Waals surface area contributed by atoms with Crippen LogP contribution in [0.5, 0.6) is 0 Å². The van der Waals surface area contributed by atoms with Gasteiger partial charge in [0.1, 0.15) is 0 Å². The molecule has 5 nitrogen and oxygen atoms in total. The van der Waals surface area contributed by atoms with Crippen LogP contribution >= 0.6 is 11.3 Å². The number of hydrogen-bond donors (Lipinski definition) is 1. The molecule has 23 heavy (non-hydrogen) atoms. The largest absolute Gasteiger partial charge is 0.379 e. The highest BCUT2D eigenvalue weighted by atomic mass is 32.1. The Hall–Kier alpha value is -0.950. The highest BCUT2D eigenvalue weighted by Crippen LogP contribution is 2.27. The van der Waals surface area contributed by atoms with Crippen molar-refractivity contribution < 1.29 is 9.53 Å². The van der Waals surface area contributed by atoms with E-state index in [0.717, 1.165) is 45.8 Å². The highest BCUT2D eigenvalue weighted by Gasteiger charge is 2.27. The molecule has 1 fully saturated rings. The summed E-state index contributed by atoms with van der Waals surface area (Å²) in [5.74, 6) is 0.112. The Balaban J connectivity index is 2.00. The topological polar surface area (TPSA) is 44.8 Å². The lowest BCUT2D eigenvalue weighted by Gasteiger charge is -2.37. The number of nitrogens with zero attached hydrogens (tertiary/aromatic N) is 2. The Morgan fingerprint density at radius 2 is 2.22 bits per heavy atom. The maximum atomic E-state index is 12.2. The van der Waals surface area contributed by atoms with Gasteiger partial charge in [0.05, 0.1) is 25.3 Å². The van der Waals surface area contributed by atoms with Crippen LogP contribution in [0.1, 0.15) is 31.2 Å². The molecule has 1 N–H and O–H groups in total. The predicted molar refractivity (Wildman–Crippen MR) is 94.8 cm³/mol. The van der Waals surface area contributed by atoms with Crippen molar-refractivity contribution in [1.29, 1.82) is 0 Å². The molecule has 0 aliphatic carbocycles. The molecule has 0 spiro atoms. The van der Waals surface area contributed by atoms with Crippen molar-refractivity contribution in [3.05, 3.63) is 22.4 Å². The number of morpholine rings is 1. The van der Waals surface area contributed by atoms with Crippen LogP contribution in [-0.2, 0) is 9.53 Å². The average Bonchev–Trinajstić information content (AvgIpc) is 3.11. The summed E-state index contributed by atoms with van der Waals surface area (Å²) in [4.78, 5) is 18.2. The van der Waals surface area contributed by atoms with Gasteiger partial charge < -0.3 is 10.1 Å². The van der Waals surface area contributed by atoms with E-state index in [1.807, 2.05) is 14.0 Å². The van der Waals surface area contributed by atoms with E-state index in [1.54, 1.807) is 11.3 Å². The van der Waals surface area contributed by atoms with Crippen molar-refractivity contribution in [2.24, 2.45) is 0 Å². The van der Waals surface area contributed by atoms with Gasteiger partial charge in [0.25, 0.3) is 0 Å². The lowest BCUT2D eigenvalue weighted by atomic mass is 10.1. The van der Waals surface area contributed by atoms with Gasteiger partial charge in [-0.3, -0.25) is 14.6 Å². The van der Waals surface area contributed by atoms with E-state index in [0.29, 0.717) is 6.04 Å². The summed E-state index contributed by atoms with van der Waals surface area (Å²) in [6.45, 7) is 9.13. The van der Waals surface area contributed by atoms with Crippen LogP contribution in [0.3, 0.4) is 0 Å². The molecular weight excluding hydrogens is 310 g/mol. The smallest absolute Gasteiger partial charge is 0.237 e. The van der Waals surface area contributed by atoms with Crippen molar-refractivity contribution >= 4 is 17.2 Å². The summed E-state index contributed by atoms with van der Waals surface area (Å²) in [5.41, 5.74) is 0. The fourth-order valence-corrected chi connectivity index (χ4v) is 3.63. The minimum absolute atomic E-state index is 0.112. The van der Waals surface area contributed by atoms with E-state index in [2.05, 4.69) is 39.6 Å². The molecule has 6 heteroatoms. The molecule has 1 amide bonds. The van der Waals surface area contributed by atoms with Crippen molar-refractivity contribution in [1.82, 2.24) is 15.1 Å². The first kappa shape index (κ1) is 18.4. The molecule has 1 saturated heterocycles. The van der Waals surface area contributed by atoms with Gasteiger partial charge in [-0.2, -0.15) is 0 Å². The van der Waals surface area contributed by atoms with Gasteiger partial charge in [0.15, 0.2) is 0 Å². The maximum absolute atomic E-state index is 12.2. The van der Waals surface area contributed by atoms with E-state index in [-0.39, 0.29) is 11.9 Å². The van der Waals surface area contributed by atoms with Crippen LogP contribution in [-0.4, -0.2) is 68.2 Å². The van der Waals surface area contributed by atoms with Gasteiger partial charge in [-0.15, -0.1) is 11.3 Å². The number of nitrogens with one attached hydrogen (secondary N) is 1. The molecule has 1 aromatic heterocycles. The van der Waals surface area contributed by atoms with Crippen LogP contribution in [0.15, 0.2) is 17.5 Å². The number of hydrogen-bond acceptors (Lipinski definition) is 5. The van der Waals surface area contributed by atoms with Crippen LogP contribution in [0.4, 0.5) is 0 Å². The summed E-state index contributed by atoms with van der Waals surface area (Å²) < 4.78 is 5.49. The third-order valence-electron chi connectivity index (χ3n) is 4.41. The number of ether oxygens (including phenoxy) is 1. The molecule has 2 heterocycles. The second kappa shape index (κ2) is 9.37. The number of carbonyl (C=O) groups excluding carboxylic acids is 1. The van der Waals surface area contributed by atoms with Gasteiger partial charge in [-0.1, -0.05) is 13.0 Å². The van der Waals surface area contributed by atoms with Gasteiger partial charge in [-0.25, -0.2) is 0 Å². The van der Waals surface area contributed by atoms with E-state index in [4.69, 9.17) is 4.74 Å². The Morgan fingerprint density at radius 1 is 1.48 bits per heavy atom. The zero-order valence-corrected chi connectivity index (χ0v) is 15.3.